The lowest BCUT2D eigenvalue weighted by Gasteiger charge is -2.44. The van der Waals surface area contributed by atoms with Crippen molar-refractivity contribution in [2.75, 3.05) is 26.2 Å². The van der Waals surface area contributed by atoms with E-state index in [4.69, 9.17) is 10.2 Å². The summed E-state index contributed by atoms with van der Waals surface area (Å²) in [4.78, 5) is 43.5. The quantitative estimate of drug-likeness (QED) is 0.143. The minimum absolute atomic E-state index is 0.00718. The molecule has 0 aromatic rings. The molecule has 2 fully saturated rings. The number of carboxylic acids is 1. The summed E-state index contributed by atoms with van der Waals surface area (Å²) in [5.74, 6) is -2.27. The maximum Gasteiger partial charge on any atom is 0.431 e. The van der Waals surface area contributed by atoms with Crippen LogP contribution in [0.2, 0.25) is 0 Å². The third kappa shape index (κ3) is 3.77. The van der Waals surface area contributed by atoms with Gasteiger partial charge in [0, 0.05) is 19.0 Å². The molecule has 0 aliphatic carbocycles. The lowest BCUT2D eigenvalue weighted by molar-refractivity contribution is -0.161. The molecule has 11 nitrogen and oxygen atoms in total. The second-order valence-corrected chi connectivity index (χ2v) is 7.71. The molecule has 3 rings (SSSR count). The Morgan fingerprint density at radius 3 is 2.70 bits per heavy atom. The van der Waals surface area contributed by atoms with Crippen LogP contribution in [0.5, 0.6) is 0 Å². The molecular formula is C19H26N4O7. The van der Waals surface area contributed by atoms with Crippen molar-refractivity contribution in [1.82, 2.24) is 14.9 Å². The monoisotopic (exact) mass is 422 g/mol. The fourth-order valence-electron chi connectivity index (χ4n) is 4.50. The van der Waals surface area contributed by atoms with E-state index in [1.807, 2.05) is 0 Å². The first kappa shape index (κ1) is 21.8. The summed E-state index contributed by atoms with van der Waals surface area (Å²) in [6.45, 7) is 5.53. The van der Waals surface area contributed by atoms with Gasteiger partial charge in [-0.2, -0.15) is 5.06 Å². The molecule has 0 bridgehead atoms. The number of rotatable bonds is 8. The van der Waals surface area contributed by atoms with E-state index < -0.39 is 24.1 Å². The van der Waals surface area contributed by atoms with Crippen LogP contribution in [-0.2, 0) is 14.4 Å². The lowest BCUT2D eigenvalue weighted by Crippen LogP contribution is -2.61. The predicted octanol–water partition coefficient (Wildman–Crippen LogP) is 0.333. The van der Waals surface area contributed by atoms with Crippen LogP contribution < -0.4 is 0 Å². The highest BCUT2D eigenvalue weighted by molar-refractivity contribution is 5.99. The van der Waals surface area contributed by atoms with Gasteiger partial charge >= 0.3 is 12.1 Å². The van der Waals surface area contributed by atoms with Gasteiger partial charge < -0.3 is 25.1 Å². The molecule has 3 aliphatic heterocycles. The topological polar surface area (TPSA) is 155 Å². The van der Waals surface area contributed by atoms with Crippen molar-refractivity contribution >= 4 is 23.8 Å². The number of β-lactam (4-membered cyclic amide) rings is 1. The minimum atomic E-state index is -1.32. The summed E-state index contributed by atoms with van der Waals surface area (Å²) < 4.78 is 0. The van der Waals surface area contributed by atoms with Crippen LogP contribution in [0.15, 0.2) is 23.9 Å². The van der Waals surface area contributed by atoms with Gasteiger partial charge in [-0.3, -0.25) is 15.0 Å². The highest BCUT2D eigenvalue weighted by Crippen LogP contribution is 2.47. The Morgan fingerprint density at radius 2 is 2.13 bits per heavy atom. The number of fused-ring (bicyclic) bond motifs is 1. The van der Waals surface area contributed by atoms with Crippen LogP contribution in [0.4, 0.5) is 4.79 Å². The molecule has 3 heterocycles. The van der Waals surface area contributed by atoms with Crippen molar-refractivity contribution in [1.29, 1.82) is 5.41 Å². The van der Waals surface area contributed by atoms with E-state index in [2.05, 4.69) is 6.58 Å². The molecule has 0 saturated carbocycles. The van der Waals surface area contributed by atoms with Crippen LogP contribution in [-0.4, -0.2) is 92.4 Å². The summed E-state index contributed by atoms with van der Waals surface area (Å²) in [7, 11) is 0. The maximum absolute atomic E-state index is 12.3. The zero-order valence-electron chi connectivity index (χ0n) is 16.7. The van der Waals surface area contributed by atoms with Crippen LogP contribution in [0.25, 0.3) is 0 Å². The second-order valence-electron chi connectivity index (χ2n) is 7.71. The molecule has 164 valence electrons. The first-order chi connectivity index (χ1) is 14.2. The fourth-order valence-corrected chi connectivity index (χ4v) is 4.50. The number of amidine groups is 1. The van der Waals surface area contributed by atoms with E-state index in [0.29, 0.717) is 36.6 Å². The van der Waals surface area contributed by atoms with Crippen molar-refractivity contribution in [3.8, 4) is 0 Å². The van der Waals surface area contributed by atoms with Crippen LogP contribution in [0.3, 0.4) is 0 Å². The molecule has 0 spiro atoms. The Labute approximate surface area is 173 Å². The zero-order chi connectivity index (χ0) is 22.2. The molecule has 0 unspecified atom stereocenters. The Kier molecular flexibility index (Phi) is 6.13. The maximum atomic E-state index is 12.3. The third-order valence-electron chi connectivity index (χ3n) is 5.88. The summed E-state index contributed by atoms with van der Waals surface area (Å²) >= 11 is 0. The van der Waals surface area contributed by atoms with Crippen LogP contribution in [0.1, 0.15) is 19.8 Å². The number of likely N-dealkylation sites (tertiary alicyclic amines) is 1. The third-order valence-corrected chi connectivity index (χ3v) is 5.88. The van der Waals surface area contributed by atoms with Crippen LogP contribution in [0, 0.1) is 17.2 Å². The lowest BCUT2D eigenvalue weighted by atomic mass is 9.82. The van der Waals surface area contributed by atoms with Crippen molar-refractivity contribution in [3.63, 3.8) is 0 Å². The molecule has 0 radical (unpaired) electrons. The van der Waals surface area contributed by atoms with Gasteiger partial charge in [-0.1, -0.05) is 6.08 Å². The van der Waals surface area contributed by atoms with Gasteiger partial charge in [0.25, 0.3) is 0 Å². The Balaban J connectivity index is 1.69. The van der Waals surface area contributed by atoms with Gasteiger partial charge in [0.2, 0.25) is 5.91 Å². The van der Waals surface area contributed by atoms with Gasteiger partial charge in [-0.25, -0.2) is 9.59 Å². The molecule has 0 aromatic carbocycles. The van der Waals surface area contributed by atoms with E-state index in [1.54, 1.807) is 4.90 Å². The van der Waals surface area contributed by atoms with Crippen molar-refractivity contribution in [2.45, 2.75) is 31.9 Å². The van der Waals surface area contributed by atoms with Gasteiger partial charge in [0.05, 0.1) is 24.7 Å². The van der Waals surface area contributed by atoms with E-state index in [9.17, 15) is 29.7 Å². The number of amides is 2. The second kappa shape index (κ2) is 8.44. The van der Waals surface area contributed by atoms with Crippen molar-refractivity contribution in [2.24, 2.45) is 11.8 Å². The molecular weight excluding hydrogens is 396 g/mol. The molecule has 0 aromatic heterocycles. The molecule has 11 heteroatoms. The summed E-state index contributed by atoms with van der Waals surface area (Å²) in [6, 6.07) is -0.345. The van der Waals surface area contributed by atoms with Gasteiger partial charge in [0.1, 0.15) is 18.1 Å². The van der Waals surface area contributed by atoms with Crippen molar-refractivity contribution < 1.29 is 34.5 Å². The average Bonchev–Trinajstić information content (AvgIpc) is 3.27. The highest BCUT2D eigenvalue weighted by Gasteiger charge is 2.57. The minimum Gasteiger partial charge on any atom is -0.477 e. The number of carboxylic acid groups (broad SMARTS) is 2. The number of nitrogens with one attached hydrogen (secondary N) is 1. The Morgan fingerprint density at radius 1 is 1.43 bits per heavy atom. The number of hydrogen-bond acceptors (Lipinski definition) is 6. The molecule has 4 atom stereocenters. The molecule has 4 N–H and O–H groups in total. The molecule has 2 amide bonds. The standard InChI is InChI=1S/C19H26N4O7/c1-3-6-30-22(19(28)29)9-14(20)21-5-4-11(8-21)12-7-13-15(10(2)24)17(25)23(13)16(12)18(26)27/h3,10-11,13,15,20,24H,1,4-9H2,2H3,(H,26,27)(H,28,29)/t10-,11-,13-,15-/m1/s1. The van der Waals surface area contributed by atoms with Gasteiger partial charge in [-0.15, -0.1) is 6.58 Å². The van der Waals surface area contributed by atoms with E-state index in [-0.39, 0.29) is 42.6 Å². The average molecular weight is 422 g/mol. The number of hydroxylamine groups is 2. The number of aliphatic hydroxyl groups excluding tert-OH is 1. The number of aliphatic carboxylic acids is 1. The normalized spacial score (nSPS) is 26.3. The number of carbonyl (C=O) groups excluding carboxylic acids is 1. The molecule has 3 aliphatic rings. The SMILES string of the molecule is C=CCON(CC(=N)N1CC[C@@H](C2=C(C(=O)O)N3C(=O)[C@H]([C@@H](C)O)[C@H]3C2)C1)C(=O)O. The smallest absolute Gasteiger partial charge is 0.431 e. The zero-order valence-corrected chi connectivity index (χ0v) is 16.7. The van der Waals surface area contributed by atoms with E-state index >= 15 is 0 Å². The number of carbonyl (C=O) groups is 3. The number of aliphatic hydroxyl groups is 1. The molecule has 2 saturated heterocycles. The highest BCUT2D eigenvalue weighted by atomic mass is 16.7. The van der Waals surface area contributed by atoms with Gasteiger partial charge in [0.15, 0.2) is 0 Å². The predicted molar refractivity (Wildman–Crippen MR) is 103 cm³/mol. The summed E-state index contributed by atoms with van der Waals surface area (Å²) in [5.41, 5.74) is 0.638. The number of hydrogen-bond donors (Lipinski definition) is 4. The first-order valence-corrected chi connectivity index (χ1v) is 9.71. The summed E-state index contributed by atoms with van der Waals surface area (Å²) in [5, 5.41) is 37.6. The van der Waals surface area contributed by atoms with E-state index in [0.717, 1.165) is 0 Å². The summed E-state index contributed by atoms with van der Waals surface area (Å²) in [6.07, 6.45) is 0.202. The Bertz CT molecular complexity index is 809. The number of nitrogens with zero attached hydrogens (tertiary/aromatic N) is 3. The fraction of sp³-hybridized carbons (Fsp3) is 0.579. The first-order valence-electron chi connectivity index (χ1n) is 9.71. The van der Waals surface area contributed by atoms with Crippen molar-refractivity contribution in [3.05, 3.63) is 23.9 Å². The largest absolute Gasteiger partial charge is 0.477 e. The van der Waals surface area contributed by atoms with Gasteiger partial charge in [-0.05, 0) is 25.3 Å². The van der Waals surface area contributed by atoms with Crippen LogP contribution >= 0.6 is 0 Å². The Hall–Kier alpha value is -2.92. The van der Waals surface area contributed by atoms with E-state index in [1.165, 1.54) is 17.9 Å². The molecule has 30 heavy (non-hydrogen) atoms.